The van der Waals surface area contributed by atoms with E-state index in [2.05, 4.69) is 47.7 Å². The summed E-state index contributed by atoms with van der Waals surface area (Å²) in [5.41, 5.74) is 8.59. The molecule has 0 aliphatic rings. The number of imidazole rings is 1. The highest BCUT2D eigenvalue weighted by Gasteiger charge is 2.17. The normalized spacial score (nSPS) is 11.1. The minimum absolute atomic E-state index is 0.530. The summed E-state index contributed by atoms with van der Waals surface area (Å²) in [5, 5.41) is 19.0. The van der Waals surface area contributed by atoms with Gasteiger partial charge in [-0.15, -0.1) is 0 Å². The molecule has 0 bridgehead atoms. The molecule has 0 unspecified atom stereocenters. The Morgan fingerprint density at radius 1 is 0.844 bits per heavy atom. The van der Waals surface area contributed by atoms with Gasteiger partial charge in [0.1, 0.15) is 11.6 Å². The summed E-state index contributed by atoms with van der Waals surface area (Å²) in [5.74, 6) is 0. The second kappa shape index (κ2) is 7.87. The zero-order valence-corrected chi connectivity index (χ0v) is 17.4. The molecule has 0 aliphatic heterocycles. The Labute approximate surface area is 185 Å². The monoisotopic (exact) mass is 410 g/mol. The molecule has 2 aromatic heterocycles. The molecule has 0 spiro atoms. The van der Waals surface area contributed by atoms with E-state index in [0.29, 0.717) is 16.8 Å². The summed E-state index contributed by atoms with van der Waals surface area (Å²) in [4.78, 5) is 4.80. The summed E-state index contributed by atoms with van der Waals surface area (Å²) in [7, 11) is 0. The van der Waals surface area contributed by atoms with Gasteiger partial charge in [-0.05, 0) is 60.0 Å². The van der Waals surface area contributed by atoms with Crippen LogP contribution in [0.5, 0.6) is 0 Å². The van der Waals surface area contributed by atoms with Crippen molar-refractivity contribution >= 4 is 28.8 Å². The van der Waals surface area contributed by atoms with Crippen LogP contribution in [0.3, 0.4) is 0 Å². The number of nitrogens with zero attached hydrogens (tertiary/aromatic N) is 4. The average molecular weight is 410 g/mol. The molecule has 0 aliphatic carbocycles. The van der Waals surface area contributed by atoms with E-state index in [0.717, 1.165) is 33.4 Å². The Bertz CT molecular complexity index is 1590. The topological polar surface area (TPSA) is 64.9 Å². The number of aryl methyl sites for hydroxylation is 1. The van der Waals surface area contributed by atoms with Crippen molar-refractivity contribution in [3.05, 3.63) is 107 Å². The molecule has 0 saturated carbocycles. The fourth-order valence-electron chi connectivity index (χ4n) is 3.97. The SMILES string of the molecule is Cc1cccc(-c2cc(C=Cc3ccc(C#N)cc3)c(C#N)c3nc4ccccc4n23)c1. The van der Waals surface area contributed by atoms with Crippen LogP contribution in [0.2, 0.25) is 0 Å². The van der Waals surface area contributed by atoms with Crippen molar-refractivity contribution in [2.45, 2.75) is 6.92 Å². The van der Waals surface area contributed by atoms with Crippen molar-refractivity contribution in [1.29, 1.82) is 10.5 Å². The number of aromatic nitrogens is 2. The predicted molar refractivity (Wildman–Crippen MR) is 128 cm³/mol. The molecule has 0 N–H and O–H groups in total. The van der Waals surface area contributed by atoms with E-state index in [4.69, 9.17) is 10.2 Å². The Kier molecular flexibility index (Phi) is 4.75. The van der Waals surface area contributed by atoms with Crippen LogP contribution in [0.4, 0.5) is 0 Å². The molecular formula is C28H18N4. The molecule has 32 heavy (non-hydrogen) atoms. The highest BCUT2D eigenvalue weighted by molar-refractivity contribution is 5.89. The van der Waals surface area contributed by atoms with Crippen LogP contribution in [0.15, 0.2) is 78.9 Å². The lowest BCUT2D eigenvalue weighted by Gasteiger charge is -2.11. The number of para-hydroxylation sites is 2. The van der Waals surface area contributed by atoms with Gasteiger partial charge in [-0.3, -0.25) is 4.40 Å². The standard InChI is InChI=1S/C28H18N4/c1-19-5-4-6-23(15-19)27-16-22(14-13-20-9-11-21(17-29)12-10-20)24(18-30)28-31-25-7-2-3-8-26(25)32(27)28/h2-16H,1H3. The summed E-state index contributed by atoms with van der Waals surface area (Å²) in [6.07, 6.45) is 3.90. The Hall–Kier alpha value is -4.67. The molecule has 4 nitrogen and oxygen atoms in total. The molecule has 0 amide bonds. The van der Waals surface area contributed by atoms with E-state index < -0.39 is 0 Å². The number of hydrogen-bond acceptors (Lipinski definition) is 3. The molecule has 4 heteroatoms. The average Bonchev–Trinajstić information content (AvgIpc) is 3.21. The van der Waals surface area contributed by atoms with Gasteiger partial charge < -0.3 is 0 Å². The van der Waals surface area contributed by atoms with E-state index in [1.165, 1.54) is 5.56 Å². The maximum Gasteiger partial charge on any atom is 0.157 e. The summed E-state index contributed by atoms with van der Waals surface area (Å²) in [6, 6.07) is 30.2. The molecule has 5 aromatic rings. The Morgan fingerprint density at radius 3 is 2.41 bits per heavy atom. The third-order valence-corrected chi connectivity index (χ3v) is 5.53. The van der Waals surface area contributed by atoms with Gasteiger partial charge >= 0.3 is 0 Å². The highest BCUT2D eigenvalue weighted by atomic mass is 15.0. The summed E-state index contributed by atoms with van der Waals surface area (Å²) in [6.45, 7) is 2.07. The quantitative estimate of drug-likeness (QED) is 0.347. The van der Waals surface area contributed by atoms with Crippen molar-refractivity contribution in [1.82, 2.24) is 9.38 Å². The zero-order chi connectivity index (χ0) is 22.1. The first kappa shape index (κ1) is 19.3. The van der Waals surface area contributed by atoms with Gasteiger partial charge in [0, 0.05) is 0 Å². The number of nitriles is 2. The second-order valence-electron chi connectivity index (χ2n) is 7.67. The maximum absolute atomic E-state index is 10.0. The number of hydrogen-bond donors (Lipinski definition) is 0. The second-order valence-corrected chi connectivity index (χ2v) is 7.67. The molecule has 5 rings (SSSR count). The fourth-order valence-corrected chi connectivity index (χ4v) is 3.97. The van der Waals surface area contributed by atoms with E-state index in [1.54, 1.807) is 12.1 Å². The van der Waals surface area contributed by atoms with Gasteiger partial charge in [-0.2, -0.15) is 10.5 Å². The molecule has 0 fully saturated rings. The number of benzene rings is 3. The van der Waals surface area contributed by atoms with Crippen LogP contribution in [-0.2, 0) is 0 Å². The minimum atomic E-state index is 0.530. The Morgan fingerprint density at radius 2 is 1.66 bits per heavy atom. The van der Waals surface area contributed by atoms with Crippen LogP contribution >= 0.6 is 0 Å². The smallest absolute Gasteiger partial charge is 0.157 e. The molecule has 0 atom stereocenters. The van der Waals surface area contributed by atoms with Gasteiger partial charge in [0.15, 0.2) is 5.65 Å². The fraction of sp³-hybridized carbons (Fsp3) is 0.0357. The number of fused-ring (bicyclic) bond motifs is 3. The van der Waals surface area contributed by atoms with Crippen LogP contribution in [0, 0.1) is 29.6 Å². The molecule has 0 radical (unpaired) electrons. The molecule has 2 heterocycles. The third-order valence-electron chi connectivity index (χ3n) is 5.53. The molecule has 150 valence electrons. The Balaban J connectivity index is 1.78. The van der Waals surface area contributed by atoms with Crippen molar-refractivity contribution < 1.29 is 0 Å². The number of pyridine rings is 1. The van der Waals surface area contributed by atoms with Crippen LogP contribution < -0.4 is 0 Å². The van der Waals surface area contributed by atoms with E-state index in [-0.39, 0.29) is 0 Å². The van der Waals surface area contributed by atoms with Crippen molar-refractivity contribution in [2.75, 3.05) is 0 Å². The third kappa shape index (κ3) is 3.31. The van der Waals surface area contributed by atoms with Crippen molar-refractivity contribution in [3.8, 4) is 23.4 Å². The van der Waals surface area contributed by atoms with E-state index in [9.17, 15) is 5.26 Å². The van der Waals surface area contributed by atoms with Crippen LogP contribution in [0.1, 0.15) is 27.8 Å². The lowest BCUT2D eigenvalue weighted by atomic mass is 10.0. The van der Waals surface area contributed by atoms with E-state index in [1.807, 2.05) is 54.6 Å². The first-order chi connectivity index (χ1) is 15.7. The zero-order valence-electron chi connectivity index (χ0n) is 17.4. The van der Waals surface area contributed by atoms with Gasteiger partial charge in [-0.1, -0.05) is 60.2 Å². The molecule has 3 aromatic carbocycles. The highest BCUT2D eigenvalue weighted by Crippen LogP contribution is 2.31. The van der Waals surface area contributed by atoms with Crippen molar-refractivity contribution in [2.24, 2.45) is 0 Å². The minimum Gasteiger partial charge on any atom is -0.291 e. The van der Waals surface area contributed by atoms with Crippen LogP contribution in [-0.4, -0.2) is 9.38 Å². The lowest BCUT2D eigenvalue weighted by molar-refractivity contribution is 1.21. The van der Waals surface area contributed by atoms with Crippen molar-refractivity contribution in [3.63, 3.8) is 0 Å². The predicted octanol–water partition coefficient (Wildman–Crippen LogP) is 6.38. The summed E-state index contributed by atoms with van der Waals surface area (Å²) < 4.78 is 2.07. The van der Waals surface area contributed by atoms with Gasteiger partial charge in [0.05, 0.1) is 28.4 Å². The van der Waals surface area contributed by atoms with Gasteiger partial charge in [0.25, 0.3) is 0 Å². The van der Waals surface area contributed by atoms with Gasteiger partial charge in [-0.25, -0.2) is 4.98 Å². The number of rotatable bonds is 3. The first-order valence-electron chi connectivity index (χ1n) is 10.3. The van der Waals surface area contributed by atoms with Gasteiger partial charge in [0.2, 0.25) is 0 Å². The largest absolute Gasteiger partial charge is 0.291 e. The van der Waals surface area contributed by atoms with Crippen LogP contribution in [0.25, 0.3) is 40.1 Å². The molecular weight excluding hydrogens is 392 g/mol. The summed E-state index contributed by atoms with van der Waals surface area (Å²) >= 11 is 0. The lowest BCUT2D eigenvalue weighted by Crippen LogP contribution is -1.98. The molecule has 0 saturated heterocycles. The first-order valence-corrected chi connectivity index (χ1v) is 10.3. The van der Waals surface area contributed by atoms with E-state index >= 15 is 0 Å². The maximum atomic E-state index is 10.0.